The molecule has 0 aliphatic heterocycles. The Morgan fingerprint density at radius 2 is 2.23 bits per heavy atom. The van der Waals surface area contributed by atoms with Gasteiger partial charge >= 0.3 is 0 Å². The van der Waals surface area contributed by atoms with Gasteiger partial charge in [-0.15, -0.1) is 0 Å². The van der Waals surface area contributed by atoms with Crippen LogP contribution in [0.25, 0.3) is 0 Å². The molecule has 0 aromatic heterocycles. The largest absolute Gasteiger partial charge is 0.398 e. The van der Waals surface area contributed by atoms with Crippen LogP contribution in [0.1, 0.15) is 19.3 Å². The molecule has 0 heterocycles. The van der Waals surface area contributed by atoms with Crippen LogP contribution in [0.15, 0.2) is 23.4 Å². The minimum Gasteiger partial charge on any atom is -0.398 e. The molecular weight excluding hydrogens is 164 g/mol. The number of carbonyl (C=O) groups is 1. The third-order valence-corrected chi connectivity index (χ3v) is 2.86. The van der Waals surface area contributed by atoms with Crippen molar-refractivity contribution < 1.29 is 4.79 Å². The average Bonchev–Trinajstić information content (AvgIpc) is 2.12. The van der Waals surface area contributed by atoms with Gasteiger partial charge in [0, 0.05) is 29.7 Å². The predicted molar refractivity (Wildman–Crippen MR) is 50.7 cm³/mol. The van der Waals surface area contributed by atoms with E-state index >= 15 is 0 Å². The quantitative estimate of drug-likeness (QED) is 0.566. The number of Topliss-reactive ketones (excluding diaryl/α,β-unsaturated/α-hetero) is 1. The molecule has 3 heteroatoms. The molecule has 70 valence electrons. The number of carbonyl (C=O) groups excluding carboxylic acids is 1. The maximum Gasteiger partial charge on any atom is 0.161 e. The lowest BCUT2D eigenvalue weighted by molar-refractivity contribution is -0.117. The molecule has 1 fully saturated rings. The van der Waals surface area contributed by atoms with Gasteiger partial charge in [0.1, 0.15) is 0 Å². The van der Waals surface area contributed by atoms with Gasteiger partial charge in [-0.3, -0.25) is 4.79 Å². The number of hydrogen-bond acceptors (Lipinski definition) is 3. The van der Waals surface area contributed by atoms with Crippen molar-refractivity contribution in [2.75, 3.05) is 0 Å². The lowest BCUT2D eigenvalue weighted by atomic mass is 9.76. The lowest BCUT2D eigenvalue weighted by Gasteiger charge is -2.31. The zero-order valence-electron chi connectivity index (χ0n) is 7.49. The number of nitrogens with two attached hydrogens (primary N) is 2. The molecule has 2 unspecified atom stereocenters. The fourth-order valence-corrected chi connectivity index (χ4v) is 2.17. The Morgan fingerprint density at radius 1 is 1.46 bits per heavy atom. The van der Waals surface area contributed by atoms with Crippen LogP contribution in [-0.2, 0) is 4.79 Å². The van der Waals surface area contributed by atoms with Gasteiger partial charge in [-0.05, 0) is 18.9 Å². The summed E-state index contributed by atoms with van der Waals surface area (Å²) in [6.45, 7) is 0. The summed E-state index contributed by atoms with van der Waals surface area (Å²) >= 11 is 0. The highest BCUT2D eigenvalue weighted by Crippen LogP contribution is 2.33. The highest BCUT2D eigenvalue weighted by atomic mass is 16.1. The molecule has 4 N–H and O–H groups in total. The van der Waals surface area contributed by atoms with Crippen molar-refractivity contribution in [1.82, 2.24) is 0 Å². The Balaban J connectivity index is 2.40. The van der Waals surface area contributed by atoms with Crippen molar-refractivity contribution in [1.29, 1.82) is 0 Å². The number of fused-ring (bicyclic) bond motifs is 1. The molecule has 0 aromatic carbocycles. The molecule has 2 atom stereocenters. The highest BCUT2D eigenvalue weighted by Gasteiger charge is 2.32. The summed E-state index contributed by atoms with van der Waals surface area (Å²) in [7, 11) is 0. The second-order valence-electron chi connectivity index (χ2n) is 3.73. The van der Waals surface area contributed by atoms with Crippen LogP contribution < -0.4 is 11.5 Å². The summed E-state index contributed by atoms with van der Waals surface area (Å²) in [5.41, 5.74) is 13.0. The number of allylic oxidation sites excluding steroid dienone is 1. The Hall–Kier alpha value is -1.09. The number of ketones is 1. The van der Waals surface area contributed by atoms with Crippen molar-refractivity contribution >= 4 is 5.78 Å². The van der Waals surface area contributed by atoms with Gasteiger partial charge in [0.15, 0.2) is 5.78 Å². The second kappa shape index (κ2) is 3.00. The summed E-state index contributed by atoms with van der Waals surface area (Å²) in [5, 5.41) is 0. The van der Waals surface area contributed by atoms with Gasteiger partial charge in [-0.25, -0.2) is 0 Å². The van der Waals surface area contributed by atoms with Crippen molar-refractivity contribution in [3.63, 3.8) is 0 Å². The Kier molecular flexibility index (Phi) is 1.96. The zero-order valence-corrected chi connectivity index (χ0v) is 7.49. The first-order chi connectivity index (χ1) is 6.20. The fourth-order valence-electron chi connectivity index (χ4n) is 2.17. The molecule has 0 saturated heterocycles. The van der Waals surface area contributed by atoms with Crippen LogP contribution in [0, 0.1) is 5.92 Å². The number of hydrogen-bond donors (Lipinski definition) is 2. The molecular formula is C10H14N2O. The van der Waals surface area contributed by atoms with Gasteiger partial charge in [-0.1, -0.05) is 6.08 Å². The maximum absolute atomic E-state index is 11.6. The van der Waals surface area contributed by atoms with E-state index in [-0.39, 0.29) is 17.7 Å². The molecule has 2 aliphatic rings. The van der Waals surface area contributed by atoms with E-state index in [4.69, 9.17) is 11.5 Å². The molecule has 1 saturated carbocycles. The van der Waals surface area contributed by atoms with Crippen molar-refractivity contribution in [3.8, 4) is 0 Å². The van der Waals surface area contributed by atoms with E-state index in [1.807, 2.05) is 6.08 Å². The van der Waals surface area contributed by atoms with Crippen molar-refractivity contribution in [3.05, 3.63) is 23.4 Å². The average molecular weight is 178 g/mol. The van der Waals surface area contributed by atoms with Crippen LogP contribution in [0.3, 0.4) is 0 Å². The molecule has 2 rings (SSSR count). The van der Waals surface area contributed by atoms with Crippen LogP contribution in [0.5, 0.6) is 0 Å². The molecule has 2 aliphatic carbocycles. The third-order valence-electron chi connectivity index (χ3n) is 2.86. The van der Waals surface area contributed by atoms with E-state index in [0.29, 0.717) is 12.1 Å². The maximum atomic E-state index is 11.6. The third kappa shape index (κ3) is 1.29. The topological polar surface area (TPSA) is 69.1 Å². The van der Waals surface area contributed by atoms with E-state index in [1.165, 1.54) is 0 Å². The normalized spacial score (nSPS) is 33.5. The van der Waals surface area contributed by atoms with E-state index in [0.717, 1.165) is 18.4 Å². The SMILES string of the molecule is NC1=C2C(=O)CCCC2C(N)C=C1. The first-order valence-electron chi connectivity index (χ1n) is 4.67. The molecule has 0 radical (unpaired) electrons. The Bertz CT molecular complexity index is 304. The van der Waals surface area contributed by atoms with E-state index < -0.39 is 0 Å². The fraction of sp³-hybridized carbons (Fsp3) is 0.500. The van der Waals surface area contributed by atoms with Gasteiger partial charge in [0.2, 0.25) is 0 Å². The molecule has 0 aromatic rings. The van der Waals surface area contributed by atoms with Gasteiger partial charge in [-0.2, -0.15) is 0 Å². The summed E-state index contributed by atoms with van der Waals surface area (Å²) in [6, 6.07) is -0.0217. The minimum atomic E-state index is -0.0217. The summed E-state index contributed by atoms with van der Waals surface area (Å²) in [6.07, 6.45) is 6.23. The summed E-state index contributed by atoms with van der Waals surface area (Å²) in [4.78, 5) is 11.6. The van der Waals surface area contributed by atoms with Crippen LogP contribution in [0.2, 0.25) is 0 Å². The predicted octanol–water partition coefficient (Wildman–Crippen LogP) is 0.466. The number of rotatable bonds is 0. The van der Waals surface area contributed by atoms with Crippen LogP contribution in [-0.4, -0.2) is 11.8 Å². The van der Waals surface area contributed by atoms with E-state index in [9.17, 15) is 4.79 Å². The summed E-state index contributed by atoms with van der Waals surface area (Å²) < 4.78 is 0. The van der Waals surface area contributed by atoms with Crippen molar-refractivity contribution in [2.45, 2.75) is 25.3 Å². The molecule has 0 amide bonds. The second-order valence-corrected chi connectivity index (χ2v) is 3.73. The van der Waals surface area contributed by atoms with Crippen LogP contribution >= 0.6 is 0 Å². The standard InChI is InChI=1S/C10H14N2O/c11-7-4-5-8(12)10-6(7)2-1-3-9(10)13/h4-7H,1-3,11-12H2. The van der Waals surface area contributed by atoms with Gasteiger partial charge < -0.3 is 11.5 Å². The first kappa shape index (κ1) is 8.51. The first-order valence-corrected chi connectivity index (χ1v) is 4.67. The smallest absolute Gasteiger partial charge is 0.161 e. The molecule has 0 spiro atoms. The van der Waals surface area contributed by atoms with Gasteiger partial charge in [0.25, 0.3) is 0 Å². The van der Waals surface area contributed by atoms with E-state index in [2.05, 4.69) is 0 Å². The Labute approximate surface area is 77.5 Å². The lowest BCUT2D eigenvalue weighted by Crippen LogP contribution is -2.38. The zero-order chi connectivity index (χ0) is 9.42. The monoisotopic (exact) mass is 178 g/mol. The molecule has 3 nitrogen and oxygen atoms in total. The van der Waals surface area contributed by atoms with Crippen molar-refractivity contribution in [2.24, 2.45) is 17.4 Å². The molecule has 13 heavy (non-hydrogen) atoms. The summed E-state index contributed by atoms with van der Waals surface area (Å²) in [5.74, 6) is 0.361. The highest BCUT2D eigenvalue weighted by molar-refractivity contribution is 5.98. The van der Waals surface area contributed by atoms with E-state index in [1.54, 1.807) is 6.08 Å². The van der Waals surface area contributed by atoms with Gasteiger partial charge in [0.05, 0.1) is 0 Å². The molecule has 0 bridgehead atoms. The minimum absolute atomic E-state index is 0.0217. The Morgan fingerprint density at radius 3 is 2.92 bits per heavy atom. The van der Waals surface area contributed by atoms with Crippen LogP contribution in [0.4, 0.5) is 0 Å².